The zero-order chi connectivity index (χ0) is 13.7. The van der Waals surface area contributed by atoms with Gasteiger partial charge in [-0.2, -0.15) is 0 Å². The second-order valence-electron chi connectivity index (χ2n) is 5.44. The van der Waals surface area contributed by atoms with Gasteiger partial charge in [-0.3, -0.25) is 0 Å². The molecular formula is C15H22N2O2. The number of rotatable bonds is 5. The fourth-order valence-corrected chi connectivity index (χ4v) is 2.41. The minimum Gasteiger partial charge on any atom is -0.475 e. The highest BCUT2D eigenvalue weighted by molar-refractivity contribution is 5.53. The van der Waals surface area contributed by atoms with Gasteiger partial charge in [-0.15, -0.1) is 0 Å². The summed E-state index contributed by atoms with van der Waals surface area (Å²) in [5.41, 5.74) is 1.02. The maximum absolute atomic E-state index is 10.7. The van der Waals surface area contributed by atoms with Gasteiger partial charge >= 0.3 is 0 Å². The smallest absolute Gasteiger partial charge is 0.213 e. The number of anilines is 1. The van der Waals surface area contributed by atoms with E-state index in [9.17, 15) is 4.79 Å². The molecule has 1 aromatic rings. The molecule has 4 nitrogen and oxygen atoms in total. The van der Waals surface area contributed by atoms with Crippen LogP contribution < -0.4 is 10.1 Å². The molecule has 2 rings (SSSR count). The van der Waals surface area contributed by atoms with Crippen LogP contribution in [-0.4, -0.2) is 23.4 Å². The minimum absolute atomic E-state index is 0.143. The number of nitrogens with one attached hydrogen (secondary N) is 1. The highest BCUT2D eigenvalue weighted by atomic mass is 16.5. The maximum Gasteiger partial charge on any atom is 0.213 e. The van der Waals surface area contributed by atoms with Gasteiger partial charge in [0.2, 0.25) is 5.88 Å². The van der Waals surface area contributed by atoms with Crippen LogP contribution in [0.5, 0.6) is 5.88 Å². The number of aldehydes is 1. The van der Waals surface area contributed by atoms with Crippen molar-refractivity contribution < 1.29 is 9.53 Å². The van der Waals surface area contributed by atoms with Crippen molar-refractivity contribution in [2.45, 2.75) is 51.7 Å². The van der Waals surface area contributed by atoms with Crippen LogP contribution in [0.1, 0.15) is 39.5 Å². The SMILES string of the molecule is CC(C)Oc1ccc(NC2CCC(C=O)CC2)cn1. The molecule has 0 amide bonds. The molecule has 0 atom stereocenters. The van der Waals surface area contributed by atoms with Gasteiger partial charge in [0, 0.05) is 18.0 Å². The van der Waals surface area contributed by atoms with E-state index in [4.69, 9.17) is 4.74 Å². The maximum atomic E-state index is 10.7. The number of hydrogen-bond donors (Lipinski definition) is 1. The van der Waals surface area contributed by atoms with E-state index in [2.05, 4.69) is 10.3 Å². The molecule has 104 valence electrons. The average Bonchev–Trinajstić information content (AvgIpc) is 2.41. The highest BCUT2D eigenvalue weighted by Crippen LogP contribution is 2.25. The molecule has 1 saturated carbocycles. The fourth-order valence-electron chi connectivity index (χ4n) is 2.41. The lowest BCUT2D eigenvalue weighted by molar-refractivity contribution is -0.111. The topological polar surface area (TPSA) is 51.2 Å². The normalized spacial score (nSPS) is 23.1. The molecule has 19 heavy (non-hydrogen) atoms. The lowest BCUT2D eigenvalue weighted by Crippen LogP contribution is -2.26. The largest absolute Gasteiger partial charge is 0.475 e. The highest BCUT2D eigenvalue weighted by Gasteiger charge is 2.20. The summed E-state index contributed by atoms with van der Waals surface area (Å²) in [6.07, 6.45) is 7.12. The number of carbonyl (C=O) groups is 1. The van der Waals surface area contributed by atoms with Crippen molar-refractivity contribution in [2.24, 2.45) is 5.92 Å². The van der Waals surface area contributed by atoms with Crippen molar-refractivity contribution in [1.29, 1.82) is 0 Å². The van der Waals surface area contributed by atoms with Gasteiger partial charge in [0.1, 0.15) is 6.29 Å². The summed E-state index contributed by atoms with van der Waals surface area (Å²) in [5.74, 6) is 0.920. The average molecular weight is 262 g/mol. The Morgan fingerprint density at radius 2 is 2.05 bits per heavy atom. The van der Waals surface area contributed by atoms with E-state index in [0.717, 1.165) is 37.7 Å². The van der Waals surface area contributed by atoms with E-state index in [1.165, 1.54) is 0 Å². The number of nitrogens with zero attached hydrogens (tertiary/aromatic N) is 1. The molecular weight excluding hydrogens is 240 g/mol. The molecule has 1 aromatic heterocycles. The van der Waals surface area contributed by atoms with Crippen molar-refractivity contribution in [3.8, 4) is 5.88 Å². The van der Waals surface area contributed by atoms with Crippen LogP contribution in [0.4, 0.5) is 5.69 Å². The molecule has 4 heteroatoms. The molecule has 1 fully saturated rings. The number of ether oxygens (including phenoxy) is 1. The van der Waals surface area contributed by atoms with Crippen molar-refractivity contribution >= 4 is 12.0 Å². The van der Waals surface area contributed by atoms with Crippen LogP contribution >= 0.6 is 0 Å². The van der Waals surface area contributed by atoms with Gasteiger partial charge in [0.05, 0.1) is 18.0 Å². The number of hydrogen-bond acceptors (Lipinski definition) is 4. The second-order valence-corrected chi connectivity index (χ2v) is 5.44. The van der Waals surface area contributed by atoms with Crippen LogP contribution in [0, 0.1) is 5.92 Å². The van der Waals surface area contributed by atoms with Gasteiger partial charge in [0.25, 0.3) is 0 Å². The third-order valence-electron chi connectivity index (χ3n) is 3.43. The van der Waals surface area contributed by atoms with Crippen molar-refractivity contribution in [2.75, 3.05) is 5.32 Å². The summed E-state index contributed by atoms with van der Waals surface area (Å²) < 4.78 is 5.51. The number of carbonyl (C=O) groups excluding carboxylic acids is 1. The molecule has 1 aliphatic rings. The Balaban J connectivity index is 1.84. The monoisotopic (exact) mass is 262 g/mol. The quantitative estimate of drug-likeness (QED) is 0.829. The van der Waals surface area contributed by atoms with Gasteiger partial charge in [0.15, 0.2) is 0 Å². The molecule has 0 aliphatic heterocycles. The predicted molar refractivity (Wildman–Crippen MR) is 75.4 cm³/mol. The number of aromatic nitrogens is 1. The predicted octanol–water partition coefficient (Wildman–Crippen LogP) is 3.04. The van der Waals surface area contributed by atoms with E-state index >= 15 is 0 Å². The van der Waals surface area contributed by atoms with E-state index < -0.39 is 0 Å². The molecule has 0 unspecified atom stereocenters. The summed E-state index contributed by atoms with van der Waals surface area (Å²) in [6.45, 7) is 3.97. The van der Waals surface area contributed by atoms with E-state index in [1.807, 2.05) is 32.2 Å². The summed E-state index contributed by atoms with van der Waals surface area (Å²) in [4.78, 5) is 15.0. The Hall–Kier alpha value is -1.58. The van der Waals surface area contributed by atoms with Crippen molar-refractivity contribution in [1.82, 2.24) is 4.98 Å². The first-order valence-electron chi connectivity index (χ1n) is 7.02. The van der Waals surface area contributed by atoms with Crippen LogP contribution in [0.3, 0.4) is 0 Å². The van der Waals surface area contributed by atoms with Gasteiger partial charge < -0.3 is 14.8 Å². The minimum atomic E-state index is 0.143. The number of pyridine rings is 1. The Morgan fingerprint density at radius 1 is 1.32 bits per heavy atom. The van der Waals surface area contributed by atoms with E-state index in [1.54, 1.807) is 0 Å². The summed E-state index contributed by atoms with van der Waals surface area (Å²) in [7, 11) is 0. The van der Waals surface area contributed by atoms with Crippen LogP contribution in [0.25, 0.3) is 0 Å². The Morgan fingerprint density at radius 3 is 2.58 bits per heavy atom. The third kappa shape index (κ3) is 4.23. The van der Waals surface area contributed by atoms with Gasteiger partial charge in [-0.1, -0.05) is 0 Å². The van der Waals surface area contributed by atoms with Crippen LogP contribution in [0.15, 0.2) is 18.3 Å². The summed E-state index contributed by atoms with van der Waals surface area (Å²) in [6, 6.07) is 4.34. The zero-order valence-electron chi connectivity index (χ0n) is 11.6. The molecule has 0 saturated heterocycles. The zero-order valence-corrected chi connectivity index (χ0v) is 11.6. The van der Waals surface area contributed by atoms with Gasteiger partial charge in [-0.25, -0.2) is 4.98 Å². The molecule has 0 aromatic carbocycles. The van der Waals surface area contributed by atoms with E-state index in [-0.39, 0.29) is 12.0 Å². The molecule has 0 spiro atoms. The third-order valence-corrected chi connectivity index (χ3v) is 3.43. The van der Waals surface area contributed by atoms with Crippen molar-refractivity contribution in [3.63, 3.8) is 0 Å². The Bertz CT molecular complexity index is 395. The molecule has 0 bridgehead atoms. The summed E-state index contributed by atoms with van der Waals surface area (Å²) >= 11 is 0. The van der Waals surface area contributed by atoms with E-state index in [0.29, 0.717) is 11.9 Å². The van der Waals surface area contributed by atoms with Crippen LogP contribution in [-0.2, 0) is 4.79 Å². The fraction of sp³-hybridized carbons (Fsp3) is 0.600. The lowest BCUT2D eigenvalue weighted by atomic mass is 9.87. The molecule has 1 aliphatic carbocycles. The molecule has 0 radical (unpaired) electrons. The van der Waals surface area contributed by atoms with Crippen molar-refractivity contribution in [3.05, 3.63) is 18.3 Å². The summed E-state index contributed by atoms with van der Waals surface area (Å²) in [5, 5.41) is 3.47. The lowest BCUT2D eigenvalue weighted by Gasteiger charge is -2.27. The second kappa shape index (κ2) is 6.55. The molecule has 1 N–H and O–H groups in total. The first kappa shape index (κ1) is 13.8. The van der Waals surface area contributed by atoms with Gasteiger partial charge in [-0.05, 0) is 45.6 Å². The Labute approximate surface area is 114 Å². The first-order valence-corrected chi connectivity index (χ1v) is 7.02. The van der Waals surface area contributed by atoms with Crippen LogP contribution in [0.2, 0.25) is 0 Å². The Kier molecular flexibility index (Phi) is 4.77. The standard InChI is InChI=1S/C15H22N2O2/c1-11(2)19-15-8-7-14(9-16-15)17-13-5-3-12(10-18)4-6-13/h7-13,17H,3-6H2,1-2H3. The first-order chi connectivity index (χ1) is 9.17. The molecule has 1 heterocycles.